The quantitative estimate of drug-likeness (QED) is 0.0375. The van der Waals surface area contributed by atoms with Crippen molar-refractivity contribution >= 4 is 50.7 Å². The second-order valence-electron chi connectivity index (χ2n) is 12.5. The lowest BCUT2D eigenvalue weighted by atomic mass is 9.77. The van der Waals surface area contributed by atoms with Gasteiger partial charge in [0.25, 0.3) is 0 Å². The van der Waals surface area contributed by atoms with Crippen molar-refractivity contribution in [2.45, 2.75) is 17.6 Å². The summed E-state index contributed by atoms with van der Waals surface area (Å²) in [6.45, 7) is 4.00. The van der Waals surface area contributed by atoms with Gasteiger partial charge in [0.1, 0.15) is 11.2 Å². The zero-order chi connectivity index (χ0) is 37.4. The van der Waals surface area contributed by atoms with Crippen molar-refractivity contribution in [2.24, 2.45) is 5.16 Å². The van der Waals surface area contributed by atoms with Crippen LogP contribution in [0.15, 0.2) is 194 Å². The predicted octanol–water partition coefficient (Wildman–Crippen LogP) is 10.7. The van der Waals surface area contributed by atoms with Crippen LogP contribution in [0.3, 0.4) is 0 Å². The number of carboxylic acids is 1. The number of carbonyl (C=O) groups is 1. The first-order valence-corrected chi connectivity index (χ1v) is 19.3. The molecule has 0 aliphatic carbocycles. The number of aliphatic carboxylic acids is 1. The molecule has 7 rings (SSSR count). The van der Waals surface area contributed by atoms with Gasteiger partial charge in [0.15, 0.2) is 5.13 Å². The van der Waals surface area contributed by atoms with Crippen molar-refractivity contribution in [1.29, 1.82) is 0 Å². The number of thiazole rings is 1. The fourth-order valence-corrected chi connectivity index (χ4v) is 8.67. The highest BCUT2D eigenvalue weighted by Gasteiger charge is 2.42. The minimum atomic E-state index is -1.31. The first-order chi connectivity index (χ1) is 26.5. The van der Waals surface area contributed by atoms with Gasteiger partial charge < -0.3 is 15.3 Å². The van der Waals surface area contributed by atoms with Gasteiger partial charge in [-0.1, -0.05) is 198 Å². The maximum absolute atomic E-state index is 13.2. The Hall–Kier alpha value is -5.84. The molecule has 1 heterocycles. The van der Waals surface area contributed by atoms with Gasteiger partial charge in [0, 0.05) is 16.7 Å². The number of aromatic nitrogens is 1. The fraction of sp³-hybridized carbons (Fsp3) is 0.0652. The number of nitrogens with one attached hydrogen (secondary N) is 1. The number of nitrogens with zero attached hydrogens (tertiary/aromatic N) is 2. The minimum Gasteiger partial charge on any atom is -0.476 e. The molecule has 1 aromatic heterocycles. The van der Waals surface area contributed by atoms with Crippen molar-refractivity contribution in [3.8, 4) is 0 Å². The van der Waals surface area contributed by atoms with E-state index in [1.54, 1.807) is 0 Å². The lowest BCUT2D eigenvalue weighted by Gasteiger charge is -2.36. The van der Waals surface area contributed by atoms with E-state index in [1.165, 1.54) is 11.3 Å². The molecule has 0 unspecified atom stereocenters. The molecule has 0 atom stereocenters. The SMILES string of the molecule is C=CCc1ccccc1C(ON=C(C(=O)O)c1nc(NC(c2ccccc2)(c2ccccc2)c2ccccc2)sc1I)(c1ccccc1)c1ccccc1. The molecular formula is C46H36IN3O3S. The topological polar surface area (TPSA) is 83.8 Å². The van der Waals surface area contributed by atoms with Crippen LogP contribution in [0.25, 0.3) is 0 Å². The molecule has 0 fully saturated rings. The first kappa shape index (κ1) is 36.5. The third-order valence-corrected chi connectivity index (χ3v) is 11.3. The largest absolute Gasteiger partial charge is 0.476 e. The van der Waals surface area contributed by atoms with Gasteiger partial charge in [0.2, 0.25) is 11.3 Å². The van der Waals surface area contributed by atoms with E-state index in [0.717, 1.165) is 38.9 Å². The van der Waals surface area contributed by atoms with Crippen LogP contribution in [0.5, 0.6) is 0 Å². The standard InChI is InChI=1S/C46H36IN3O3S/c1-2-20-33-21-18-19-32-39(33)46(37-28-14-6-15-29-37,38-30-16-7-17-31-38)53-50-41(43(51)52)40-42(47)54-44(48-40)49-45(34-22-8-3-9-23-34,35-24-10-4-11-25-35)36-26-12-5-13-27-36/h2-19,21-32H,1,20H2,(H,48,49)(H,51,52). The van der Waals surface area contributed by atoms with Crippen molar-refractivity contribution in [2.75, 3.05) is 5.32 Å². The van der Waals surface area contributed by atoms with Gasteiger partial charge >= 0.3 is 5.97 Å². The van der Waals surface area contributed by atoms with Crippen LogP contribution in [0, 0.1) is 2.88 Å². The van der Waals surface area contributed by atoms with Gasteiger partial charge in [-0.05, 0) is 51.3 Å². The van der Waals surface area contributed by atoms with Crippen molar-refractivity contribution in [3.63, 3.8) is 0 Å². The molecule has 8 heteroatoms. The number of halogens is 1. The van der Waals surface area contributed by atoms with E-state index in [0.29, 0.717) is 14.4 Å². The second kappa shape index (κ2) is 16.4. The van der Waals surface area contributed by atoms with Crippen molar-refractivity contribution in [3.05, 3.63) is 236 Å². The minimum absolute atomic E-state index is 0.202. The summed E-state index contributed by atoms with van der Waals surface area (Å²) < 4.78 is 0.639. The first-order valence-electron chi connectivity index (χ1n) is 17.4. The maximum atomic E-state index is 13.2. The summed E-state index contributed by atoms with van der Waals surface area (Å²) in [6.07, 6.45) is 2.42. The van der Waals surface area contributed by atoms with Crippen LogP contribution >= 0.6 is 33.9 Å². The molecule has 2 N–H and O–H groups in total. The molecule has 0 amide bonds. The zero-order valence-electron chi connectivity index (χ0n) is 29.2. The summed E-state index contributed by atoms with van der Waals surface area (Å²) in [6, 6.07) is 58.0. The molecule has 6 aromatic carbocycles. The molecule has 0 aliphatic rings. The van der Waals surface area contributed by atoms with E-state index in [4.69, 9.17) is 9.82 Å². The lowest BCUT2D eigenvalue weighted by molar-refractivity contribution is -0.129. The number of allylic oxidation sites excluding steroid dienone is 1. The second-order valence-corrected chi connectivity index (χ2v) is 15.3. The highest BCUT2D eigenvalue weighted by molar-refractivity contribution is 14.1. The Morgan fingerprint density at radius 1 is 0.704 bits per heavy atom. The molecule has 0 aliphatic heterocycles. The number of anilines is 1. The molecule has 7 aromatic rings. The Balaban J connectivity index is 1.39. The number of hydrogen-bond donors (Lipinski definition) is 2. The molecule has 6 nitrogen and oxygen atoms in total. The van der Waals surface area contributed by atoms with E-state index < -0.39 is 17.1 Å². The van der Waals surface area contributed by atoms with Gasteiger partial charge in [-0.2, -0.15) is 0 Å². The summed E-state index contributed by atoms with van der Waals surface area (Å²) >= 11 is 3.50. The molecule has 266 valence electrons. The fourth-order valence-electron chi connectivity index (χ4n) is 6.92. The Bertz CT molecular complexity index is 2230. The van der Waals surface area contributed by atoms with Crippen molar-refractivity contribution < 1.29 is 14.7 Å². The number of carboxylic acid groups (broad SMARTS) is 1. The normalized spacial score (nSPS) is 11.8. The summed E-state index contributed by atoms with van der Waals surface area (Å²) in [5.41, 5.74) is 4.09. The van der Waals surface area contributed by atoms with Crippen LogP contribution in [0.2, 0.25) is 0 Å². The third kappa shape index (κ3) is 7.10. The molecule has 0 bridgehead atoms. The molecule has 0 saturated heterocycles. The number of rotatable bonds is 14. The summed E-state index contributed by atoms with van der Waals surface area (Å²) in [4.78, 5) is 24.9. The van der Waals surface area contributed by atoms with Crippen LogP contribution < -0.4 is 5.32 Å². The highest BCUT2D eigenvalue weighted by Crippen LogP contribution is 2.44. The molecule has 0 saturated carbocycles. The Kier molecular flexibility index (Phi) is 11.1. The number of hydrogen-bond acceptors (Lipinski definition) is 6. The van der Waals surface area contributed by atoms with Gasteiger partial charge in [0.05, 0.1) is 2.88 Å². The number of benzene rings is 6. The zero-order valence-corrected chi connectivity index (χ0v) is 32.2. The van der Waals surface area contributed by atoms with E-state index in [9.17, 15) is 9.90 Å². The molecule has 0 radical (unpaired) electrons. The molecule has 0 spiro atoms. The van der Waals surface area contributed by atoms with E-state index in [-0.39, 0.29) is 11.4 Å². The van der Waals surface area contributed by atoms with Crippen LogP contribution in [-0.2, 0) is 27.2 Å². The van der Waals surface area contributed by atoms with Crippen molar-refractivity contribution in [1.82, 2.24) is 4.98 Å². The monoisotopic (exact) mass is 837 g/mol. The lowest BCUT2D eigenvalue weighted by Crippen LogP contribution is -2.38. The van der Waals surface area contributed by atoms with E-state index >= 15 is 0 Å². The Morgan fingerprint density at radius 2 is 1.13 bits per heavy atom. The van der Waals surface area contributed by atoms with E-state index in [2.05, 4.69) is 76.0 Å². The smallest absolute Gasteiger partial charge is 0.360 e. The van der Waals surface area contributed by atoms with Crippen LogP contribution in [0.4, 0.5) is 5.13 Å². The average Bonchev–Trinajstić information content (AvgIpc) is 3.59. The third-order valence-electron chi connectivity index (χ3n) is 9.32. The van der Waals surface area contributed by atoms with Gasteiger partial charge in [-0.25, -0.2) is 9.78 Å². The summed E-state index contributed by atoms with van der Waals surface area (Å²) in [7, 11) is 0. The number of oxime groups is 1. The average molecular weight is 838 g/mol. The van der Waals surface area contributed by atoms with Gasteiger partial charge in [-0.15, -0.1) is 6.58 Å². The summed E-state index contributed by atoms with van der Waals surface area (Å²) in [5, 5.41) is 19.6. The maximum Gasteiger partial charge on any atom is 0.360 e. The van der Waals surface area contributed by atoms with Crippen LogP contribution in [0.1, 0.15) is 44.6 Å². The van der Waals surface area contributed by atoms with Crippen LogP contribution in [-0.4, -0.2) is 21.8 Å². The Morgan fingerprint density at radius 3 is 1.57 bits per heavy atom. The summed E-state index contributed by atoms with van der Waals surface area (Å²) in [5.74, 6) is -1.26. The molecule has 54 heavy (non-hydrogen) atoms. The molecular weight excluding hydrogens is 801 g/mol. The van der Waals surface area contributed by atoms with Gasteiger partial charge in [-0.3, -0.25) is 0 Å². The van der Waals surface area contributed by atoms with E-state index in [1.807, 2.05) is 146 Å². The highest BCUT2D eigenvalue weighted by atomic mass is 127. The predicted molar refractivity (Wildman–Crippen MR) is 226 cm³/mol. The Labute approximate surface area is 332 Å².